The molecular weight excluding hydrogens is 945 g/mol. The molecule has 2 bridgehead atoms. The Morgan fingerprint density at radius 2 is 1.41 bits per heavy atom. The van der Waals surface area contributed by atoms with E-state index in [-0.39, 0.29) is 41.8 Å². The van der Waals surface area contributed by atoms with E-state index in [4.69, 9.17) is 24.2 Å². The quantitative estimate of drug-likeness (QED) is 0.0916. The number of benzene rings is 5. The molecule has 12 rings (SSSR count). The summed E-state index contributed by atoms with van der Waals surface area (Å²) < 4.78 is 15.6. The molecule has 3 aliphatic heterocycles. The number of nitrogens with zero attached hydrogens (tertiary/aromatic N) is 4. The number of carbonyl (C=O) groups is 4. The number of likely N-dealkylation sites (tertiary alicyclic amines) is 2. The van der Waals surface area contributed by atoms with Crippen LogP contribution in [0.3, 0.4) is 0 Å². The lowest BCUT2D eigenvalue weighted by Gasteiger charge is -2.36. The molecule has 5 heterocycles. The summed E-state index contributed by atoms with van der Waals surface area (Å²) in [5.74, 6) is 1.96. The number of nitrogens with one attached hydrogen (secondary N) is 4. The first-order valence-corrected chi connectivity index (χ1v) is 27.2. The van der Waals surface area contributed by atoms with E-state index in [0.29, 0.717) is 38.5 Å². The zero-order chi connectivity index (χ0) is 51.2. The zero-order valence-electron chi connectivity index (χ0n) is 42.8. The summed E-state index contributed by atoms with van der Waals surface area (Å²) >= 11 is 0. The number of aromatic amines is 2. The number of carbonyl (C=O) groups excluding carboxylic acids is 4. The zero-order valence-corrected chi connectivity index (χ0v) is 42.8. The van der Waals surface area contributed by atoms with Crippen LogP contribution in [0.2, 0.25) is 0 Å². The second-order valence-electron chi connectivity index (χ2n) is 21.6. The molecule has 3 saturated heterocycles. The summed E-state index contributed by atoms with van der Waals surface area (Å²) in [5.41, 5.74) is 7.88. The first-order valence-electron chi connectivity index (χ1n) is 27.2. The number of fused-ring (bicyclic) bond motifs is 6. The van der Waals surface area contributed by atoms with Crippen molar-refractivity contribution in [1.29, 1.82) is 0 Å². The van der Waals surface area contributed by atoms with Gasteiger partial charge in [-0.2, -0.15) is 0 Å². The normalized spacial score (nSPS) is 22.1. The third-order valence-corrected chi connectivity index (χ3v) is 17.3. The average Bonchev–Trinajstić information content (AvgIpc) is 4.34. The fourth-order valence-electron chi connectivity index (χ4n) is 13.4. The Morgan fingerprint density at radius 3 is 2.20 bits per heavy atom. The second-order valence-corrected chi connectivity index (χ2v) is 21.6. The number of hydrogen-bond donors (Lipinski definition) is 4. The first kappa shape index (κ1) is 48.7. The van der Waals surface area contributed by atoms with Gasteiger partial charge in [-0.05, 0) is 138 Å². The summed E-state index contributed by atoms with van der Waals surface area (Å²) in [4.78, 5) is 75.6. The first-order chi connectivity index (χ1) is 36.7. The highest BCUT2D eigenvalue weighted by Gasteiger charge is 2.51. The van der Waals surface area contributed by atoms with Crippen LogP contribution in [0.4, 0.5) is 9.59 Å². The van der Waals surface area contributed by atoms with Crippen LogP contribution < -0.4 is 10.6 Å². The fraction of sp³-hybridized carbons (Fsp3) is 0.433. The molecule has 7 aromatic rings. The van der Waals surface area contributed by atoms with Crippen molar-refractivity contribution in [3.8, 4) is 22.4 Å². The lowest BCUT2D eigenvalue weighted by Crippen LogP contribution is -2.53. The van der Waals surface area contributed by atoms with Crippen LogP contribution >= 0.6 is 0 Å². The third-order valence-electron chi connectivity index (χ3n) is 17.3. The number of rotatable bonds is 11. The van der Waals surface area contributed by atoms with E-state index < -0.39 is 24.3 Å². The molecule has 4 amide bonds. The smallest absolute Gasteiger partial charge is 0.407 e. The monoisotopic (exact) mass is 1010 g/mol. The second kappa shape index (κ2) is 20.8. The lowest BCUT2D eigenvalue weighted by atomic mass is 9.89. The number of H-pyrrole nitrogens is 2. The Kier molecular flexibility index (Phi) is 13.5. The number of aromatic nitrogens is 4. The summed E-state index contributed by atoms with van der Waals surface area (Å²) in [6.45, 7) is 1.71. The van der Waals surface area contributed by atoms with E-state index in [1.807, 2.05) is 28.1 Å². The van der Waals surface area contributed by atoms with Crippen molar-refractivity contribution in [2.75, 3.05) is 34.0 Å². The van der Waals surface area contributed by atoms with Gasteiger partial charge in [0, 0.05) is 36.8 Å². The minimum absolute atomic E-state index is 0.0331. The molecule has 0 unspecified atom stereocenters. The molecule has 5 aromatic carbocycles. The molecule has 5 aliphatic rings. The maximum Gasteiger partial charge on any atom is 0.407 e. The number of hydrogen-bond acceptors (Lipinski definition) is 9. The van der Waals surface area contributed by atoms with Crippen molar-refractivity contribution in [1.82, 2.24) is 40.4 Å². The van der Waals surface area contributed by atoms with Gasteiger partial charge in [-0.25, -0.2) is 19.6 Å². The van der Waals surface area contributed by atoms with E-state index in [9.17, 15) is 14.4 Å². The number of piperidine rings is 1. The van der Waals surface area contributed by atoms with Crippen LogP contribution in [0.5, 0.6) is 0 Å². The van der Waals surface area contributed by atoms with Crippen molar-refractivity contribution in [3.05, 3.63) is 120 Å². The highest BCUT2D eigenvalue weighted by Crippen LogP contribution is 2.51. The van der Waals surface area contributed by atoms with Crippen LogP contribution in [-0.2, 0) is 23.8 Å². The summed E-state index contributed by atoms with van der Waals surface area (Å²) in [6.07, 6.45) is 13.7. The number of methoxy groups -OCH3 is 2. The summed E-state index contributed by atoms with van der Waals surface area (Å²) in [7, 11) is 2.66. The van der Waals surface area contributed by atoms with Crippen molar-refractivity contribution in [2.45, 2.75) is 120 Å². The van der Waals surface area contributed by atoms with Crippen LogP contribution in [0, 0.1) is 11.8 Å². The van der Waals surface area contributed by atoms with E-state index >= 15 is 4.79 Å². The lowest BCUT2D eigenvalue weighted by molar-refractivity contribution is -0.138. The SMILES string of the molecule is COC(=O)N[C@H](C(=O)N1CCC[C@H]1c1ncc(-c2ccc3cc(-c4ccc5c(ccc6[nH]c([C@@H]7[C@H]8CC[C@H](C8)N7C(=O)[C@H](NC(=O)OC)c7cccc(C8CCCCCC8)c7)nc65)c4)ccc3c2)[nH]1)C1CCOCC1. The van der Waals surface area contributed by atoms with E-state index in [1.165, 1.54) is 45.5 Å². The molecule has 0 spiro atoms. The Hall–Kier alpha value is -7.26. The maximum absolute atomic E-state index is 15.0. The van der Waals surface area contributed by atoms with Gasteiger partial charge in [0.25, 0.3) is 5.91 Å². The molecule has 75 heavy (non-hydrogen) atoms. The Labute approximate surface area is 436 Å². The average molecular weight is 1010 g/mol. The number of ether oxygens (including phenoxy) is 3. The summed E-state index contributed by atoms with van der Waals surface area (Å²) in [5, 5.41) is 10.1. The van der Waals surface area contributed by atoms with Gasteiger partial charge in [-0.1, -0.05) is 92.4 Å². The van der Waals surface area contributed by atoms with Crippen LogP contribution in [0.15, 0.2) is 97.2 Å². The molecule has 2 aromatic heterocycles. The number of amides is 4. The van der Waals surface area contributed by atoms with E-state index in [0.717, 1.165) is 117 Å². The maximum atomic E-state index is 15.0. The molecule has 2 saturated carbocycles. The highest BCUT2D eigenvalue weighted by atomic mass is 16.5. The van der Waals surface area contributed by atoms with Crippen LogP contribution in [0.1, 0.15) is 130 Å². The van der Waals surface area contributed by atoms with Crippen molar-refractivity contribution in [3.63, 3.8) is 0 Å². The van der Waals surface area contributed by atoms with Gasteiger partial charge >= 0.3 is 12.2 Å². The molecule has 0 radical (unpaired) electrons. The van der Waals surface area contributed by atoms with Gasteiger partial charge in [0.1, 0.15) is 23.7 Å². The Bertz CT molecular complexity index is 3280. The van der Waals surface area contributed by atoms with Gasteiger partial charge in [-0.15, -0.1) is 0 Å². The van der Waals surface area contributed by atoms with Gasteiger partial charge in [0.2, 0.25) is 5.91 Å². The third kappa shape index (κ3) is 9.48. The van der Waals surface area contributed by atoms with Gasteiger partial charge in [0.05, 0.1) is 49.2 Å². The van der Waals surface area contributed by atoms with Crippen molar-refractivity contribution < 1.29 is 33.4 Å². The largest absolute Gasteiger partial charge is 0.453 e. The fourth-order valence-corrected chi connectivity index (χ4v) is 13.4. The topological polar surface area (TPSA) is 184 Å². The predicted molar refractivity (Wildman–Crippen MR) is 287 cm³/mol. The highest BCUT2D eigenvalue weighted by molar-refractivity contribution is 6.06. The Balaban J connectivity index is 0.772. The molecule has 15 heteroatoms. The summed E-state index contributed by atoms with van der Waals surface area (Å²) in [6, 6.07) is 30.0. The van der Waals surface area contributed by atoms with Gasteiger partial charge in [-0.3, -0.25) is 9.59 Å². The van der Waals surface area contributed by atoms with Crippen molar-refractivity contribution >= 4 is 56.6 Å². The predicted octanol–water partition coefficient (Wildman–Crippen LogP) is 11.3. The molecule has 4 N–H and O–H groups in total. The molecule has 6 atom stereocenters. The van der Waals surface area contributed by atoms with Gasteiger partial charge < -0.3 is 44.6 Å². The van der Waals surface area contributed by atoms with Crippen LogP contribution in [-0.4, -0.2) is 99.8 Å². The number of imidazole rings is 2. The number of alkyl carbamates (subject to hydrolysis) is 2. The van der Waals surface area contributed by atoms with Crippen molar-refractivity contribution in [2.24, 2.45) is 11.8 Å². The minimum Gasteiger partial charge on any atom is -0.453 e. The molecule has 2 aliphatic carbocycles. The molecular formula is C60H66N8O7. The molecule has 388 valence electrons. The van der Waals surface area contributed by atoms with Gasteiger partial charge in [0.15, 0.2) is 0 Å². The molecule has 15 nitrogen and oxygen atoms in total. The van der Waals surface area contributed by atoms with E-state index in [1.54, 1.807) is 0 Å². The molecule has 5 fully saturated rings. The standard InChI is InChI=1S/C60H66N8O7/c1-73-59(71)65-51(36-24-27-75-28-25-36)57(69)67-26-8-13-50(67)55-61-34-49(63-55)43-17-16-39-29-38(14-15-40(39)31-43)41-19-22-47-42(30-41)20-23-48-53(47)64-56(62-48)54-45-18-21-46(33-45)68(54)58(70)52(66-60(72)74-2)44-12-7-11-37(32-44)35-9-5-3-4-6-10-35/h7,11-12,14-17,19-20,22-23,29-32,34-36,45-46,50-52,54H,3-6,8-10,13,18,21,24-28,33H2,1-2H3,(H,61,63)(H,62,64)(H,65,71)(H,66,72)/t45-,46+,50-,51-,52+,54-/m0/s1. The van der Waals surface area contributed by atoms with Crippen LogP contribution in [0.25, 0.3) is 55.0 Å². The van der Waals surface area contributed by atoms with E-state index in [2.05, 4.69) is 99.5 Å². The Morgan fingerprint density at radius 1 is 0.693 bits per heavy atom. The minimum atomic E-state index is -0.884.